The fourth-order valence-corrected chi connectivity index (χ4v) is 3.07. The van der Waals surface area contributed by atoms with Gasteiger partial charge >= 0.3 is 0 Å². The lowest BCUT2D eigenvalue weighted by Crippen LogP contribution is -2.23. The largest absolute Gasteiger partial charge is 0.497 e. The second kappa shape index (κ2) is 6.60. The Balaban J connectivity index is 2.16. The van der Waals surface area contributed by atoms with Gasteiger partial charge in [-0.1, -0.05) is 25.0 Å². The molecule has 0 aromatic heterocycles. The van der Waals surface area contributed by atoms with E-state index in [0.29, 0.717) is 18.3 Å². The Bertz CT molecular complexity index is 407. The molecule has 1 N–H and O–H groups in total. The van der Waals surface area contributed by atoms with Crippen molar-refractivity contribution in [2.24, 2.45) is 5.92 Å². The minimum atomic E-state index is 0.132. The zero-order valence-corrected chi connectivity index (χ0v) is 11.8. The van der Waals surface area contributed by atoms with Gasteiger partial charge in [0.1, 0.15) is 5.75 Å². The lowest BCUT2D eigenvalue weighted by atomic mass is 9.82. The molecule has 0 saturated heterocycles. The minimum absolute atomic E-state index is 0.132. The fraction of sp³-hybridized carbons (Fsp3) is 0.562. The van der Waals surface area contributed by atoms with Crippen molar-refractivity contribution in [2.75, 3.05) is 14.2 Å². The van der Waals surface area contributed by atoms with E-state index in [2.05, 4.69) is 17.4 Å². The predicted molar refractivity (Wildman–Crippen MR) is 76.4 cm³/mol. The van der Waals surface area contributed by atoms with Crippen LogP contribution in [0.1, 0.15) is 43.6 Å². The Morgan fingerprint density at radius 2 is 1.95 bits per heavy atom. The van der Waals surface area contributed by atoms with Crippen LogP contribution in [0.2, 0.25) is 0 Å². The number of benzene rings is 1. The van der Waals surface area contributed by atoms with Crippen LogP contribution in [0, 0.1) is 5.92 Å². The summed E-state index contributed by atoms with van der Waals surface area (Å²) >= 11 is 0. The average molecular weight is 261 g/mol. The number of rotatable bonds is 5. The Hall–Kier alpha value is -1.51. The van der Waals surface area contributed by atoms with Gasteiger partial charge in [0.25, 0.3) is 0 Å². The van der Waals surface area contributed by atoms with Crippen LogP contribution in [0.25, 0.3) is 0 Å². The highest BCUT2D eigenvalue weighted by atomic mass is 16.5. The number of nitrogens with one attached hydrogen (secondary N) is 1. The Kier molecular flexibility index (Phi) is 4.83. The van der Waals surface area contributed by atoms with Crippen molar-refractivity contribution in [1.82, 2.24) is 5.32 Å². The first kappa shape index (κ1) is 13.9. The van der Waals surface area contributed by atoms with Crippen LogP contribution in [0.4, 0.5) is 0 Å². The second-order valence-electron chi connectivity index (χ2n) is 5.30. The van der Waals surface area contributed by atoms with Crippen molar-refractivity contribution < 1.29 is 9.53 Å². The molecule has 1 unspecified atom stereocenters. The highest BCUT2D eigenvalue weighted by molar-refractivity contribution is 5.76. The third-order valence-electron chi connectivity index (χ3n) is 4.20. The summed E-state index contributed by atoms with van der Waals surface area (Å²) in [6.45, 7) is 0. The number of ether oxygens (including phenoxy) is 1. The Morgan fingerprint density at radius 3 is 2.47 bits per heavy atom. The van der Waals surface area contributed by atoms with Crippen LogP contribution < -0.4 is 10.1 Å². The summed E-state index contributed by atoms with van der Waals surface area (Å²) in [4.78, 5) is 11.7. The van der Waals surface area contributed by atoms with E-state index >= 15 is 0 Å². The molecule has 1 aliphatic rings. The molecule has 1 fully saturated rings. The van der Waals surface area contributed by atoms with E-state index in [1.165, 1.54) is 31.2 Å². The van der Waals surface area contributed by atoms with Crippen LogP contribution in [0.5, 0.6) is 5.75 Å². The molecule has 3 nitrogen and oxygen atoms in total. The molecule has 104 valence electrons. The topological polar surface area (TPSA) is 38.3 Å². The van der Waals surface area contributed by atoms with Crippen LogP contribution in [0.15, 0.2) is 24.3 Å². The lowest BCUT2D eigenvalue weighted by Gasteiger charge is -2.23. The summed E-state index contributed by atoms with van der Waals surface area (Å²) < 4.78 is 5.20. The first-order valence-corrected chi connectivity index (χ1v) is 7.09. The van der Waals surface area contributed by atoms with E-state index in [1.807, 2.05) is 12.1 Å². The minimum Gasteiger partial charge on any atom is -0.497 e. The zero-order chi connectivity index (χ0) is 13.7. The van der Waals surface area contributed by atoms with E-state index in [9.17, 15) is 4.79 Å². The van der Waals surface area contributed by atoms with Gasteiger partial charge in [-0.3, -0.25) is 4.79 Å². The molecule has 0 bridgehead atoms. The van der Waals surface area contributed by atoms with Gasteiger partial charge in [-0.2, -0.15) is 0 Å². The van der Waals surface area contributed by atoms with E-state index in [-0.39, 0.29) is 5.91 Å². The van der Waals surface area contributed by atoms with Gasteiger partial charge in [0.15, 0.2) is 0 Å². The SMILES string of the molecule is CNC(=O)CC(c1ccc(OC)cc1)C1CCCC1. The highest BCUT2D eigenvalue weighted by Crippen LogP contribution is 2.39. The van der Waals surface area contributed by atoms with Gasteiger partial charge in [0.05, 0.1) is 7.11 Å². The maximum atomic E-state index is 11.7. The summed E-state index contributed by atoms with van der Waals surface area (Å²) in [7, 11) is 3.38. The van der Waals surface area contributed by atoms with Gasteiger partial charge in [0.2, 0.25) is 5.91 Å². The quantitative estimate of drug-likeness (QED) is 0.884. The molecule has 0 radical (unpaired) electrons. The van der Waals surface area contributed by atoms with Gasteiger partial charge in [-0.05, 0) is 42.4 Å². The Morgan fingerprint density at radius 1 is 1.32 bits per heavy atom. The van der Waals surface area contributed by atoms with Gasteiger partial charge in [-0.15, -0.1) is 0 Å². The van der Waals surface area contributed by atoms with Crippen molar-refractivity contribution in [1.29, 1.82) is 0 Å². The molecule has 19 heavy (non-hydrogen) atoms. The molecule has 1 aliphatic carbocycles. The fourth-order valence-electron chi connectivity index (χ4n) is 3.07. The van der Waals surface area contributed by atoms with Gasteiger partial charge < -0.3 is 10.1 Å². The molecule has 0 aliphatic heterocycles. The maximum Gasteiger partial charge on any atom is 0.220 e. The molecular formula is C16H23NO2. The number of carbonyl (C=O) groups excluding carboxylic acids is 1. The predicted octanol–water partition coefficient (Wildman–Crippen LogP) is 3.11. The highest BCUT2D eigenvalue weighted by Gasteiger charge is 2.27. The summed E-state index contributed by atoms with van der Waals surface area (Å²) in [6.07, 6.45) is 5.67. The first-order valence-electron chi connectivity index (χ1n) is 7.09. The molecular weight excluding hydrogens is 238 g/mol. The molecule has 1 aromatic carbocycles. The second-order valence-corrected chi connectivity index (χ2v) is 5.30. The van der Waals surface area contributed by atoms with Crippen molar-refractivity contribution >= 4 is 5.91 Å². The monoisotopic (exact) mass is 261 g/mol. The van der Waals surface area contributed by atoms with E-state index < -0.39 is 0 Å². The molecule has 3 heteroatoms. The van der Waals surface area contributed by atoms with Crippen molar-refractivity contribution in [3.63, 3.8) is 0 Å². The molecule has 1 amide bonds. The van der Waals surface area contributed by atoms with Crippen molar-refractivity contribution in [3.05, 3.63) is 29.8 Å². The lowest BCUT2D eigenvalue weighted by molar-refractivity contribution is -0.121. The van der Waals surface area contributed by atoms with Gasteiger partial charge in [0, 0.05) is 13.5 Å². The third kappa shape index (κ3) is 3.49. The maximum absolute atomic E-state index is 11.7. The number of methoxy groups -OCH3 is 1. The Labute approximate surface area is 115 Å². The van der Waals surface area contributed by atoms with Crippen molar-refractivity contribution in [2.45, 2.75) is 38.0 Å². The standard InChI is InChI=1S/C16H23NO2/c1-17-16(18)11-15(12-5-3-4-6-12)13-7-9-14(19-2)10-8-13/h7-10,12,15H,3-6,11H2,1-2H3,(H,17,18). The summed E-state index contributed by atoms with van der Waals surface area (Å²) in [5, 5.41) is 2.75. The van der Waals surface area contributed by atoms with Gasteiger partial charge in [-0.25, -0.2) is 0 Å². The molecule has 0 spiro atoms. The smallest absolute Gasteiger partial charge is 0.220 e. The van der Waals surface area contributed by atoms with Crippen LogP contribution >= 0.6 is 0 Å². The van der Waals surface area contributed by atoms with E-state index in [4.69, 9.17) is 4.74 Å². The van der Waals surface area contributed by atoms with Crippen LogP contribution in [-0.4, -0.2) is 20.1 Å². The first-order chi connectivity index (χ1) is 9.24. The summed E-state index contributed by atoms with van der Waals surface area (Å²) in [5.74, 6) is 1.99. The molecule has 1 atom stereocenters. The van der Waals surface area contributed by atoms with E-state index in [1.54, 1.807) is 14.2 Å². The number of carbonyl (C=O) groups is 1. The number of hydrogen-bond donors (Lipinski definition) is 1. The summed E-state index contributed by atoms with van der Waals surface area (Å²) in [6, 6.07) is 8.18. The van der Waals surface area contributed by atoms with Crippen LogP contribution in [-0.2, 0) is 4.79 Å². The zero-order valence-electron chi connectivity index (χ0n) is 11.8. The molecule has 0 heterocycles. The van der Waals surface area contributed by atoms with E-state index in [0.717, 1.165) is 5.75 Å². The summed E-state index contributed by atoms with van der Waals surface area (Å²) in [5.41, 5.74) is 1.26. The number of amides is 1. The van der Waals surface area contributed by atoms with Crippen LogP contribution in [0.3, 0.4) is 0 Å². The molecule has 1 aromatic rings. The third-order valence-corrected chi connectivity index (χ3v) is 4.20. The van der Waals surface area contributed by atoms with Crippen molar-refractivity contribution in [3.8, 4) is 5.75 Å². The molecule has 2 rings (SSSR count). The normalized spacial score (nSPS) is 17.2. The molecule has 1 saturated carbocycles. The number of hydrogen-bond acceptors (Lipinski definition) is 2. The average Bonchev–Trinajstić information content (AvgIpc) is 2.98.